The number of ether oxygens (including phenoxy) is 1. The van der Waals surface area contributed by atoms with E-state index in [-0.39, 0.29) is 5.56 Å². The molecule has 5 nitrogen and oxygen atoms in total. The summed E-state index contributed by atoms with van der Waals surface area (Å²) >= 11 is 0. The first kappa shape index (κ1) is 15.1. The molecule has 2 rings (SSSR count). The molecule has 1 N–H and O–H groups in total. The molecule has 0 aliphatic carbocycles. The van der Waals surface area contributed by atoms with Gasteiger partial charge in [-0.3, -0.25) is 4.79 Å². The Kier molecular flexibility index (Phi) is 4.28. The molecule has 0 saturated carbocycles. The molecule has 0 aromatic heterocycles. The lowest BCUT2D eigenvalue weighted by Crippen LogP contribution is -2.29. The Morgan fingerprint density at radius 2 is 1.67 bits per heavy atom. The van der Waals surface area contributed by atoms with E-state index < -0.39 is 15.9 Å². The molecule has 0 fully saturated rings. The molecule has 2 aromatic carbocycles. The van der Waals surface area contributed by atoms with Gasteiger partial charge >= 0.3 is 0 Å². The van der Waals surface area contributed by atoms with Gasteiger partial charge < -0.3 is 4.74 Å². The number of hydrogen-bond donors (Lipinski definition) is 1. The zero-order valence-corrected chi connectivity index (χ0v) is 12.5. The fraction of sp³-hybridized carbons (Fsp3) is 0.133. The van der Waals surface area contributed by atoms with Crippen LogP contribution in [0.3, 0.4) is 0 Å². The number of para-hydroxylation sites is 1. The summed E-state index contributed by atoms with van der Waals surface area (Å²) in [4.78, 5) is 11.7. The molecule has 0 spiro atoms. The molecular weight excluding hydrogens is 290 g/mol. The van der Waals surface area contributed by atoms with Crippen LogP contribution in [0.1, 0.15) is 15.9 Å². The van der Waals surface area contributed by atoms with E-state index in [4.69, 9.17) is 4.74 Å². The van der Waals surface area contributed by atoms with E-state index >= 15 is 0 Å². The van der Waals surface area contributed by atoms with Crippen LogP contribution < -0.4 is 9.46 Å². The summed E-state index contributed by atoms with van der Waals surface area (Å²) in [6, 6.07) is 13.8. The van der Waals surface area contributed by atoms with Crippen LogP contribution in [0.4, 0.5) is 0 Å². The van der Waals surface area contributed by atoms with Crippen LogP contribution in [0.15, 0.2) is 48.5 Å². The zero-order chi connectivity index (χ0) is 15.5. The summed E-state index contributed by atoms with van der Waals surface area (Å²) in [6.45, 7) is 1.93. The highest BCUT2D eigenvalue weighted by molar-refractivity contribution is 7.89. The van der Waals surface area contributed by atoms with Crippen molar-refractivity contribution in [2.75, 3.05) is 6.26 Å². The van der Waals surface area contributed by atoms with E-state index in [1.54, 1.807) is 12.1 Å². The number of amides is 1. The highest BCUT2D eigenvalue weighted by atomic mass is 32.2. The van der Waals surface area contributed by atoms with Gasteiger partial charge in [0.25, 0.3) is 5.91 Å². The second-order valence-electron chi connectivity index (χ2n) is 4.60. The van der Waals surface area contributed by atoms with Crippen molar-refractivity contribution in [1.82, 2.24) is 4.72 Å². The number of carbonyl (C=O) groups excluding carboxylic acids is 1. The molecule has 0 radical (unpaired) electrons. The lowest BCUT2D eigenvalue weighted by Gasteiger charge is -2.09. The molecule has 0 unspecified atom stereocenters. The molecule has 0 heterocycles. The van der Waals surface area contributed by atoms with E-state index in [1.165, 1.54) is 12.1 Å². The first-order chi connectivity index (χ1) is 9.85. The van der Waals surface area contributed by atoms with Crippen molar-refractivity contribution in [2.24, 2.45) is 0 Å². The largest absolute Gasteiger partial charge is 0.457 e. The van der Waals surface area contributed by atoms with Crippen LogP contribution in [-0.2, 0) is 10.0 Å². The summed E-state index contributed by atoms with van der Waals surface area (Å²) in [6.07, 6.45) is 0.931. The molecule has 0 aliphatic rings. The van der Waals surface area contributed by atoms with Gasteiger partial charge in [-0.2, -0.15) is 0 Å². The lowest BCUT2D eigenvalue weighted by molar-refractivity contribution is 0.0981. The number of rotatable bonds is 4. The monoisotopic (exact) mass is 305 g/mol. The zero-order valence-electron chi connectivity index (χ0n) is 11.7. The Hall–Kier alpha value is -2.34. The van der Waals surface area contributed by atoms with E-state index in [1.807, 2.05) is 35.9 Å². The maximum atomic E-state index is 11.7. The standard InChI is InChI=1S/C15H15NO4S/c1-11-5-3-4-6-14(11)20-13-9-7-12(8-10-13)15(17)16-21(2,18)19/h3-10H,1-2H3,(H,16,17). The molecule has 1 amide bonds. The summed E-state index contributed by atoms with van der Waals surface area (Å²) in [7, 11) is -3.57. The van der Waals surface area contributed by atoms with Crippen molar-refractivity contribution in [3.8, 4) is 11.5 Å². The van der Waals surface area contributed by atoms with Gasteiger partial charge in [-0.15, -0.1) is 0 Å². The van der Waals surface area contributed by atoms with Crippen molar-refractivity contribution in [1.29, 1.82) is 0 Å². The first-order valence-electron chi connectivity index (χ1n) is 6.21. The molecule has 0 atom stereocenters. The molecule has 0 bridgehead atoms. The van der Waals surface area contributed by atoms with Crippen LogP contribution in [0.2, 0.25) is 0 Å². The Labute approximate surface area is 123 Å². The molecule has 6 heteroatoms. The lowest BCUT2D eigenvalue weighted by atomic mass is 10.2. The molecule has 0 aliphatic heterocycles. The summed E-state index contributed by atoms with van der Waals surface area (Å²) in [5.74, 6) is 0.631. The first-order valence-corrected chi connectivity index (χ1v) is 8.10. The number of nitrogens with one attached hydrogen (secondary N) is 1. The van der Waals surface area contributed by atoms with Crippen molar-refractivity contribution in [3.05, 3.63) is 59.7 Å². The minimum atomic E-state index is -3.57. The van der Waals surface area contributed by atoms with Gasteiger partial charge in [0, 0.05) is 5.56 Å². The predicted molar refractivity (Wildman–Crippen MR) is 80.0 cm³/mol. The molecule has 0 saturated heterocycles. The average Bonchev–Trinajstić information content (AvgIpc) is 2.40. The third kappa shape index (κ3) is 4.32. The quantitative estimate of drug-likeness (QED) is 0.942. The summed E-state index contributed by atoms with van der Waals surface area (Å²) in [5, 5.41) is 0. The topological polar surface area (TPSA) is 72.5 Å². The Balaban J connectivity index is 2.13. The van der Waals surface area contributed by atoms with Crippen LogP contribution in [0.5, 0.6) is 11.5 Å². The summed E-state index contributed by atoms with van der Waals surface area (Å²) in [5.41, 5.74) is 1.24. The third-order valence-corrected chi connectivity index (χ3v) is 3.27. The van der Waals surface area contributed by atoms with E-state index in [9.17, 15) is 13.2 Å². The van der Waals surface area contributed by atoms with Crippen LogP contribution >= 0.6 is 0 Å². The van der Waals surface area contributed by atoms with Gasteiger partial charge in [-0.05, 0) is 42.8 Å². The molecular formula is C15H15NO4S. The van der Waals surface area contributed by atoms with E-state index in [0.29, 0.717) is 5.75 Å². The number of sulfonamides is 1. The van der Waals surface area contributed by atoms with Crippen LogP contribution in [0, 0.1) is 6.92 Å². The maximum Gasteiger partial charge on any atom is 0.264 e. The average molecular weight is 305 g/mol. The minimum absolute atomic E-state index is 0.248. The van der Waals surface area contributed by atoms with Crippen molar-refractivity contribution >= 4 is 15.9 Å². The highest BCUT2D eigenvalue weighted by Crippen LogP contribution is 2.24. The molecule has 110 valence electrons. The number of aryl methyl sites for hydroxylation is 1. The predicted octanol–water partition coefficient (Wildman–Crippen LogP) is 2.48. The van der Waals surface area contributed by atoms with Gasteiger partial charge in [-0.1, -0.05) is 18.2 Å². The third-order valence-electron chi connectivity index (χ3n) is 2.72. The Morgan fingerprint density at radius 3 is 2.24 bits per heavy atom. The number of carbonyl (C=O) groups is 1. The van der Waals surface area contributed by atoms with Gasteiger partial charge in [0.15, 0.2) is 0 Å². The van der Waals surface area contributed by atoms with Crippen LogP contribution in [0.25, 0.3) is 0 Å². The van der Waals surface area contributed by atoms with Crippen LogP contribution in [-0.4, -0.2) is 20.6 Å². The van der Waals surface area contributed by atoms with Crippen molar-refractivity contribution in [3.63, 3.8) is 0 Å². The molecule has 21 heavy (non-hydrogen) atoms. The SMILES string of the molecule is Cc1ccccc1Oc1ccc(C(=O)NS(C)(=O)=O)cc1. The second kappa shape index (κ2) is 5.97. The van der Waals surface area contributed by atoms with E-state index in [0.717, 1.165) is 17.6 Å². The Morgan fingerprint density at radius 1 is 1.05 bits per heavy atom. The van der Waals surface area contributed by atoms with Gasteiger partial charge in [0.05, 0.1) is 6.26 Å². The van der Waals surface area contributed by atoms with Gasteiger partial charge in [0.1, 0.15) is 11.5 Å². The van der Waals surface area contributed by atoms with E-state index in [2.05, 4.69) is 0 Å². The number of hydrogen-bond acceptors (Lipinski definition) is 4. The fourth-order valence-electron chi connectivity index (χ4n) is 1.70. The summed E-state index contributed by atoms with van der Waals surface area (Å²) < 4.78 is 29.6. The normalized spacial score (nSPS) is 11.0. The van der Waals surface area contributed by atoms with Gasteiger partial charge in [-0.25, -0.2) is 13.1 Å². The van der Waals surface area contributed by atoms with Crippen molar-refractivity contribution in [2.45, 2.75) is 6.92 Å². The highest BCUT2D eigenvalue weighted by Gasteiger charge is 2.11. The molecule has 2 aromatic rings. The smallest absolute Gasteiger partial charge is 0.264 e. The fourth-order valence-corrected chi connectivity index (χ4v) is 2.15. The van der Waals surface area contributed by atoms with Gasteiger partial charge in [0.2, 0.25) is 10.0 Å². The van der Waals surface area contributed by atoms with Crippen molar-refractivity contribution < 1.29 is 17.9 Å². The second-order valence-corrected chi connectivity index (χ2v) is 6.34. The number of benzene rings is 2. The maximum absolute atomic E-state index is 11.7. The minimum Gasteiger partial charge on any atom is -0.457 e. The Bertz CT molecular complexity index is 751.